The van der Waals surface area contributed by atoms with Crippen molar-refractivity contribution in [3.63, 3.8) is 0 Å². The van der Waals surface area contributed by atoms with Crippen LogP contribution in [0.4, 0.5) is 11.4 Å². The summed E-state index contributed by atoms with van der Waals surface area (Å²) >= 11 is 6.31. The number of hydrogen-bond acceptors (Lipinski definition) is 3. The number of halogens is 1. The van der Waals surface area contributed by atoms with E-state index in [-0.39, 0.29) is 0 Å². The van der Waals surface area contributed by atoms with Crippen molar-refractivity contribution in [1.29, 1.82) is 0 Å². The average molecular weight is 308 g/mol. The lowest BCUT2D eigenvalue weighted by atomic mass is 9.88. The highest BCUT2D eigenvalue weighted by Gasteiger charge is 2.40. The van der Waals surface area contributed by atoms with Crippen molar-refractivity contribution in [3.05, 3.63) is 22.7 Å². The zero-order valence-corrected chi connectivity index (χ0v) is 13.1. The van der Waals surface area contributed by atoms with Crippen molar-refractivity contribution in [2.45, 2.75) is 25.7 Å². The molecule has 2 aliphatic carbocycles. The van der Waals surface area contributed by atoms with Crippen molar-refractivity contribution in [2.24, 2.45) is 23.5 Å². The smallest absolute Gasteiger partial charge is 0.250 e. The van der Waals surface area contributed by atoms with Crippen LogP contribution < -0.4 is 16.4 Å². The fourth-order valence-corrected chi connectivity index (χ4v) is 4.61. The summed E-state index contributed by atoms with van der Waals surface area (Å²) in [6, 6.07) is 3.29. The van der Waals surface area contributed by atoms with Crippen LogP contribution in [0.3, 0.4) is 0 Å². The average Bonchev–Trinajstić information content (AvgIpc) is 2.99. The van der Waals surface area contributed by atoms with E-state index < -0.39 is 5.91 Å². The molecular weight excluding hydrogens is 286 g/mol. The lowest BCUT2D eigenvalue weighted by Crippen LogP contribution is -2.30. The molecule has 2 bridgehead atoms. The first-order valence-corrected chi connectivity index (χ1v) is 7.93. The van der Waals surface area contributed by atoms with Crippen LogP contribution in [0.2, 0.25) is 5.02 Å². The zero-order valence-electron chi connectivity index (χ0n) is 12.3. The Morgan fingerprint density at radius 1 is 1.38 bits per heavy atom. The number of amides is 1. The van der Waals surface area contributed by atoms with Gasteiger partial charge in [0.2, 0.25) is 0 Å². The van der Waals surface area contributed by atoms with Crippen LogP contribution in [0.1, 0.15) is 36.0 Å². The summed E-state index contributed by atoms with van der Waals surface area (Å²) in [5.74, 6) is 1.95. The SMILES string of the molecule is CN(CC1CC2CCC1C2)c1c(Cl)cc(N)cc1C(N)=O. The second-order valence-electron chi connectivity index (χ2n) is 6.58. The van der Waals surface area contributed by atoms with Gasteiger partial charge in [-0.2, -0.15) is 0 Å². The van der Waals surface area contributed by atoms with Gasteiger partial charge in [0.25, 0.3) is 5.91 Å². The van der Waals surface area contributed by atoms with Crippen LogP contribution in [0.25, 0.3) is 0 Å². The highest BCUT2D eigenvalue weighted by Crippen LogP contribution is 2.49. The highest BCUT2D eigenvalue weighted by atomic mass is 35.5. The molecule has 0 radical (unpaired) electrons. The van der Waals surface area contributed by atoms with Gasteiger partial charge >= 0.3 is 0 Å². The van der Waals surface area contributed by atoms with Gasteiger partial charge in [0.05, 0.1) is 16.3 Å². The second kappa shape index (κ2) is 5.41. The molecule has 3 atom stereocenters. The number of anilines is 2. The Bertz CT molecular complexity index is 575. The highest BCUT2D eigenvalue weighted by molar-refractivity contribution is 6.34. The van der Waals surface area contributed by atoms with Crippen molar-refractivity contribution >= 4 is 28.9 Å². The van der Waals surface area contributed by atoms with Crippen LogP contribution in [0, 0.1) is 17.8 Å². The molecule has 0 saturated heterocycles. The molecule has 0 aliphatic heterocycles. The van der Waals surface area contributed by atoms with Gasteiger partial charge in [-0.05, 0) is 49.1 Å². The molecule has 3 rings (SSSR count). The van der Waals surface area contributed by atoms with E-state index in [1.165, 1.54) is 25.7 Å². The molecule has 1 aromatic carbocycles. The van der Waals surface area contributed by atoms with Gasteiger partial charge in [0, 0.05) is 19.3 Å². The zero-order chi connectivity index (χ0) is 15.1. The number of benzene rings is 1. The number of nitrogen functional groups attached to an aromatic ring is 1. The van der Waals surface area contributed by atoms with Crippen LogP contribution in [0.15, 0.2) is 12.1 Å². The predicted molar refractivity (Wildman–Crippen MR) is 86.6 cm³/mol. The Balaban J connectivity index is 1.84. The van der Waals surface area contributed by atoms with Gasteiger partial charge in [0.15, 0.2) is 0 Å². The summed E-state index contributed by atoms with van der Waals surface area (Å²) in [5, 5.41) is 0.495. The first-order valence-electron chi connectivity index (χ1n) is 7.55. The Labute approximate surface area is 130 Å². The van der Waals surface area contributed by atoms with Crippen LogP contribution in [-0.4, -0.2) is 19.5 Å². The molecule has 0 heterocycles. The number of nitrogens with zero attached hydrogens (tertiary/aromatic N) is 1. The van der Waals surface area contributed by atoms with Crippen LogP contribution >= 0.6 is 11.6 Å². The minimum Gasteiger partial charge on any atom is -0.399 e. The van der Waals surface area contributed by atoms with E-state index in [2.05, 4.69) is 4.90 Å². The fourth-order valence-electron chi connectivity index (χ4n) is 4.24. The normalized spacial score (nSPS) is 27.0. The van der Waals surface area contributed by atoms with Crippen LogP contribution in [0.5, 0.6) is 0 Å². The molecule has 2 aliphatic rings. The Morgan fingerprint density at radius 3 is 2.71 bits per heavy atom. The van der Waals surface area contributed by atoms with Crippen molar-refractivity contribution < 1.29 is 4.79 Å². The Kier molecular flexibility index (Phi) is 3.74. The fraction of sp³-hybridized carbons (Fsp3) is 0.562. The predicted octanol–water partition coefficient (Wildman–Crippen LogP) is 2.89. The third-order valence-electron chi connectivity index (χ3n) is 5.13. The van der Waals surface area contributed by atoms with E-state index in [0.29, 0.717) is 27.9 Å². The molecule has 4 nitrogen and oxygen atoms in total. The number of carbonyl (C=O) groups excluding carboxylic acids is 1. The molecule has 0 aromatic heterocycles. The van der Waals surface area contributed by atoms with Gasteiger partial charge in [-0.1, -0.05) is 18.0 Å². The third-order valence-corrected chi connectivity index (χ3v) is 5.41. The Hall–Kier alpha value is -1.42. The lowest BCUT2D eigenvalue weighted by molar-refractivity contribution is 0.100. The molecule has 21 heavy (non-hydrogen) atoms. The minimum atomic E-state index is -0.487. The van der Waals surface area contributed by atoms with Gasteiger partial charge < -0.3 is 16.4 Å². The molecule has 2 saturated carbocycles. The number of primary amides is 1. The topological polar surface area (TPSA) is 72.3 Å². The van der Waals surface area contributed by atoms with Gasteiger partial charge in [-0.3, -0.25) is 4.79 Å². The largest absolute Gasteiger partial charge is 0.399 e. The summed E-state index contributed by atoms with van der Waals surface area (Å²) < 4.78 is 0. The molecule has 114 valence electrons. The molecule has 0 spiro atoms. The van der Waals surface area contributed by atoms with E-state index in [1.54, 1.807) is 12.1 Å². The molecule has 4 N–H and O–H groups in total. The number of carbonyl (C=O) groups is 1. The van der Waals surface area contributed by atoms with Crippen molar-refractivity contribution in [2.75, 3.05) is 24.2 Å². The van der Waals surface area contributed by atoms with Crippen molar-refractivity contribution in [1.82, 2.24) is 0 Å². The van der Waals surface area contributed by atoms with Gasteiger partial charge in [-0.15, -0.1) is 0 Å². The lowest BCUT2D eigenvalue weighted by Gasteiger charge is -2.30. The molecule has 2 fully saturated rings. The summed E-state index contributed by atoms with van der Waals surface area (Å²) in [4.78, 5) is 13.8. The monoisotopic (exact) mass is 307 g/mol. The van der Waals surface area contributed by atoms with E-state index >= 15 is 0 Å². The summed E-state index contributed by atoms with van der Waals surface area (Å²) in [7, 11) is 1.98. The van der Waals surface area contributed by atoms with Gasteiger partial charge in [0.1, 0.15) is 0 Å². The number of fused-ring (bicyclic) bond motifs is 2. The molecule has 5 heteroatoms. The number of hydrogen-bond donors (Lipinski definition) is 2. The molecule has 3 unspecified atom stereocenters. The molecule has 1 aromatic rings. The summed E-state index contributed by atoms with van der Waals surface area (Å²) in [6.07, 6.45) is 5.41. The van der Waals surface area contributed by atoms with Crippen molar-refractivity contribution in [3.8, 4) is 0 Å². The first kappa shape index (κ1) is 14.5. The maximum atomic E-state index is 11.7. The quantitative estimate of drug-likeness (QED) is 0.840. The van der Waals surface area contributed by atoms with E-state index in [9.17, 15) is 4.79 Å². The first-order chi connectivity index (χ1) is 9.95. The van der Waals surface area contributed by atoms with Gasteiger partial charge in [-0.25, -0.2) is 0 Å². The van der Waals surface area contributed by atoms with E-state index in [4.69, 9.17) is 23.1 Å². The molecule has 1 amide bonds. The van der Waals surface area contributed by atoms with Crippen LogP contribution in [-0.2, 0) is 0 Å². The Morgan fingerprint density at radius 2 is 2.14 bits per heavy atom. The standard InChI is InChI=1S/C16H22ClN3O/c1-20(8-11-5-9-2-3-10(11)4-9)15-13(16(19)21)6-12(18)7-14(15)17/h6-7,9-11H,2-5,8,18H2,1H3,(H2,19,21). The van der Waals surface area contributed by atoms with E-state index in [1.807, 2.05) is 7.05 Å². The maximum absolute atomic E-state index is 11.7. The second-order valence-corrected chi connectivity index (χ2v) is 6.99. The summed E-state index contributed by atoms with van der Waals surface area (Å²) in [5.41, 5.74) is 12.8. The van der Waals surface area contributed by atoms with E-state index in [0.717, 1.165) is 18.4 Å². The third kappa shape index (κ3) is 2.69. The minimum absolute atomic E-state index is 0.408. The maximum Gasteiger partial charge on any atom is 0.250 e. The number of rotatable bonds is 4. The number of nitrogens with two attached hydrogens (primary N) is 2. The summed E-state index contributed by atoms with van der Waals surface area (Å²) in [6.45, 7) is 0.922. The molecular formula is C16H22ClN3O.